The van der Waals surface area contributed by atoms with Crippen molar-refractivity contribution in [2.24, 2.45) is 0 Å². The summed E-state index contributed by atoms with van der Waals surface area (Å²) in [6.07, 6.45) is 5.72. The number of rotatable bonds is 6. The molecule has 3 aromatic rings. The summed E-state index contributed by atoms with van der Waals surface area (Å²) < 4.78 is 2.10. The van der Waals surface area contributed by atoms with Crippen LogP contribution in [-0.2, 0) is 6.54 Å². The number of carbonyl (C=O) groups is 1. The second kappa shape index (κ2) is 10.7. The minimum atomic E-state index is -0.168. The number of carbonyl (C=O) groups excluding carboxylic acids is 1. The standard InChI is InChI=1S/C27H31Cl2N5O/c1-19-7-10-21(11-8-19)34-24(18-32-13-5-6-14-32)25(27(35)31-33-15-3-2-4-16-33)30-26(34)22-12-9-20(28)17-23(22)29/h7-12,17H,2-6,13-16,18H2,1H3,(H,31,35). The van der Waals surface area contributed by atoms with Crippen LogP contribution in [0, 0.1) is 6.92 Å². The molecule has 1 aromatic heterocycles. The third-order valence-electron chi connectivity index (χ3n) is 6.84. The van der Waals surface area contributed by atoms with E-state index < -0.39 is 0 Å². The number of amides is 1. The number of hydrazine groups is 1. The van der Waals surface area contributed by atoms with E-state index in [1.165, 1.54) is 24.8 Å². The number of benzene rings is 2. The van der Waals surface area contributed by atoms with Crippen molar-refractivity contribution in [3.05, 3.63) is 69.5 Å². The largest absolute Gasteiger partial charge is 0.297 e. The van der Waals surface area contributed by atoms with Crippen LogP contribution in [0.1, 0.15) is 53.8 Å². The molecule has 5 rings (SSSR count). The van der Waals surface area contributed by atoms with E-state index in [-0.39, 0.29) is 5.91 Å². The topological polar surface area (TPSA) is 53.4 Å². The summed E-state index contributed by atoms with van der Waals surface area (Å²) in [4.78, 5) is 21.0. The number of imidazole rings is 1. The fourth-order valence-electron chi connectivity index (χ4n) is 4.96. The first-order valence-corrected chi connectivity index (χ1v) is 13.2. The van der Waals surface area contributed by atoms with Gasteiger partial charge in [0.05, 0.1) is 10.7 Å². The molecule has 2 aromatic carbocycles. The maximum absolute atomic E-state index is 13.6. The van der Waals surface area contributed by atoms with E-state index >= 15 is 0 Å². The Labute approximate surface area is 216 Å². The fraction of sp³-hybridized carbons (Fsp3) is 0.407. The van der Waals surface area contributed by atoms with Crippen molar-refractivity contribution in [2.45, 2.75) is 45.6 Å². The van der Waals surface area contributed by atoms with Gasteiger partial charge in [-0.1, -0.05) is 47.3 Å². The summed E-state index contributed by atoms with van der Waals surface area (Å²) in [6, 6.07) is 13.7. The van der Waals surface area contributed by atoms with Gasteiger partial charge in [-0.15, -0.1) is 0 Å². The number of aromatic nitrogens is 2. The van der Waals surface area contributed by atoms with Crippen LogP contribution < -0.4 is 5.43 Å². The summed E-state index contributed by atoms with van der Waals surface area (Å²) in [5.74, 6) is 0.479. The zero-order valence-electron chi connectivity index (χ0n) is 20.1. The van der Waals surface area contributed by atoms with Crippen molar-refractivity contribution in [2.75, 3.05) is 26.2 Å². The van der Waals surface area contributed by atoms with Crippen molar-refractivity contribution < 1.29 is 4.79 Å². The van der Waals surface area contributed by atoms with Crippen molar-refractivity contribution in [1.29, 1.82) is 0 Å². The molecule has 0 radical (unpaired) electrons. The van der Waals surface area contributed by atoms with Gasteiger partial charge < -0.3 is 0 Å². The fourth-order valence-corrected chi connectivity index (χ4v) is 5.45. The highest BCUT2D eigenvalue weighted by molar-refractivity contribution is 6.36. The van der Waals surface area contributed by atoms with Crippen LogP contribution >= 0.6 is 23.2 Å². The molecule has 35 heavy (non-hydrogen) atoms. The predicted octanol–water partition coefficient (Wildman–Crippen LogP) is 5.88. The van der Waals surface area contributed by atoms with Gasteiger partial charge in [-0.2, -0.15) is 0 Å². The molecule has 2 fully saturated rings. The molecule has 1 N–H and O–H groups in total. The first-order valence-electron chi connectivity index (χ1n) is 12.4. The van der Waals surface area contributed by atoms with Crippen molar-refractivity contribution in [3.8, 4) is 17.1 Å². The molecule has 2 saturated heterocycles. The van der Waals surface area contributed by atoms with Gasteiger partial charge in [0.2, 0.25) is 0 Å². The summed E-state index contributed by atoms with van der Waals surface area (Å²) in [5.41, 5.74) is 7.32. The maximum atomic E-state index is 13.6. The van der Waals surface area contributed by atoms with E-state index in [9.17, 15) is 4.79 Å². The average Bonchev–Trinajstić information content (AvgIpc) is 3.49. The summed E-state index contributed by atoms with van der Waals surface area (Å²) in [5, 5.41) is 3.09. The Hall–Kier alpha value is -2.38. The molecule has 0 spiro atoms. The lowest BCUT2D eigenvalue weighted by molar-refractivity contribution is 0.0743. The quantitative estimate of drug-likeness (QED) is 0.448. The lowest BCUT2D eigenvalue weighted by Crippen LogP contribution is -2.45. The smallest absolute Gasteiger partial charge is 0.286 e. The normalized spacial score (nSPS) is 17.1. The van der Waals surface area contributed by atoms with E-state index in [0.29, 0.717) is 28.1 Å². The molecule has 0 saturated carbocycles. The highest BCUT2D eigenvalue weighted by atomic mass is 35.5. The monoisotopic (exact) mass is 511 g/mol. The Morgan fingerprint density at radius 1 is 0.943 bits per heavy atom. The van der Waals surface area contributed by atoms with Gasteiger partial charge in [-0.25, -0.2) is 9.99 Å². The number of hydrogen-bond donors (Lipinski definition) is 1. The molecular weight excluding hydrogens is 481 g/mol. The van der Waals surface area contributed by atoms with Gasteiger partial charge in [0.15, 0.2) is 5.69 Å². The Kier molecular flexibility index (Phi) is 7.44. The summed E-state index contributed by atoms with van der Waals surface area (Å²) in [6.45, 7) is 6.47. The minimum Gasteiger partial charge on any atom is -0.297 e. The third-order valence-corrected chi connectivity index (χ3v) is 7.39. The highest BCUT2D eigenvalue weighted by Crippen LogP contribution is 2.34. The van der Waals surface area contributed by atoms with Crippen LogP contribution in [0.4, 0.5) is 0 Å². The van der Waals surface area contributed by atoms with E-state index in [1.807, 2.05) is 17.1 Å². The number of hydrogen-bond acceptors (Lipinski definition) is 4. The van der Waals surface area contributed by atoms with Gasteiger partial charge in [0.1, 0.15) is 5.82 Å². The van der Waals surface area contributed by atoms with E-state index in [2.05, 4.69) is 46.1 Å². The number of nitrogens with zero attached hydrogens (tertiary/aromatic N) is 4. The third kappa shape index (κ3) is 5.41. The molecule has 8 heteroatoms. The van der Waals surface area contributed by atoms with Crippen LogP contribution in [0.5, 0.6) is 0 Å². The van der Waals surface area contributed by atoms with Gasteiger partial charge in [-0.05, 0) is 76.0 Å². The van der Waals surface area contributed by atoms with Crippen LogP contribution in [-0.4, -0.2) is 51.5 Å². The number of halogens is 2. The first kappa shape index (κ1) is 24.3. The van der Waals surface area contributed by atoms with E-state index in [4.69, 9.17) is 28.2 Å². The summed E-state index contributed by atoms with van der Waals surface area (Å²) >= 11 is 12.9. The Balaban J connectivity index is 1.65. The number of nitrogens with one attached hydrogen (secondary N) is 1. The number of likely N-dealkylation sites (tertiary alicyclic amines) is 1. The van der Waals surface area contributed by atoms with Gasteiger partial charge in [0.25, 0.3) is 5.91 Å². The van der Waals surface area contributed by atoms with Crippen molar-refractivity contribution in [1.82, 2.24) is 24.9 Å². The maximum Gasteiger partial charge on any atom is 0.286 e. The zero-order valence-corrected chi connectivity index (χ0v) is 21.6. The molecule has 0 bridgehead atoms. The molecule has 0 unspecified atom stereocenters. The zero-order chi connectivity index (χ0) is 24.4. The molecule has 2 aliphatic rings. The Morgan fingerprint density at radius 2 is 1.63 bits per heavy atom. The van der Waals surface area contributed by atoms with Crippen molar-refractivity contribution in [3.63, 3.8) is 0 Å². The van der Waals surface area contributed by atoms with Crippen LogP contribution in [0.3, 0.4) is 0 Å². The molecule has 184 valence electrons. The number of aryl methyl sites for hydroxylation is 1. The molecule has 1 amide bonds. The Morgan fingerprint density at radius 3 is 2.31 bits per heavy atom. The van der Waals surface area contributed by atoms with Gasteiger partial charge >= 0.3 is 0 Å². The lowest BCUT2D eigenvalue weighted by Gasteiger charge is -2.26. The molecule has 6 nitrogen and oxygen atoms in total. The number of piperidine rings is 1. The molecular formula is C27H31Cl2N5O. The van der Waals surface area contributed by atoms with Crippen LogP contribution in [0.2, 0.25) is 10.0 Å². The van der Waals surface area contributed by atoms with Crippen LogP contribution in [0.25, 0.3) is 17.1 Å². The molecule has 2 aliphatic heterocycles. The summed E-state index contributed by atoms with van der Waals surface area (Å²) in [7, 11) is 0. The Bertz CT molecular complexity index is 1200. The van der Waals surface area contributed by atoms with Crippen LogP contribution in [0.15, 0.2) is 42.5 Å². The molecule has 0 aliphatic carbocycles. The molecule has 0 atom stereocenters. The highest BCUT2D eigenvalue weighted by Gasteiger charge is 2.28. The SMILES string of the molecule is Cc1ccc(-n2c(-c3ccc(Cl)cc3Cl)nc(C(=O)NN3CCCCC3)c2CN2CCCC2)cc1. The van der Waals surface area contributed by atoms with Gasteiger partial charge in [0, 0.05) is 35.9 Å². The lowest BCUT2D eigenvalue weighted by atomic mass is 10.1. The van der Waals surface area contributed by atoms with E-state index in [1.54, 1.807) is 6.07 Å². The second-order valence-electron chi connectivity index (χ2n) is 9.50. The molecule has 3 heterocycles. The average molecular weight is 512 g/mol. The van der Waals surface area contributed by atoms with E-state index in [0.717, 1.165) is 56.0 Å². The minimum absolute atomic E-state index is 0.168. The van der Waals surface area contributed by atoms with Gasteiger partial charge in [-0.3, -0.25) is 19.7 Å². The first-order chi connectivity index (χ1) is 17.0. The second-order valence-corrected chi connectivity index (χ2v) is 10.3. The predicted molar refractivity (Wildman–Crippen MR) is 141 cm³/mol. The van der Waals surface area contributed by atoms with Crippen molar-refractivity contribution >= 4 is 29.1 Å².